The SMILES string of the molecule is O=C(NCCC1CCCCC1)c1cn(CCC2(O)COC2)c2cccc(Cl)c12. The second-order valence-corrected chi connectivity index (χ2v) is 8.79. The second kappa shape index (κ2) is 8.44. The predicted molar refractivity (Wildman–Crippen MR) is 111 cm³/mol. The maximum atomic E-state index is 12.9. The van der Waals surface area contributed by atoms with Gasteiger partial charge in [0.2, 0.25) is 0 Å². The summed E-state index contributed by atoms with van der Waals surface area (Å²) in [6, 6.07) is 5.69. The number of aryl methyl sites for hydroxylation is 1. The maximum absolute atomic E-state index is 12.9. The maximum Gasteiger partial charge on any atom is 0.253 e. The number of benzene rings is 1. The summed E-state index contributed by atoms with van der Waals surface area (Å²) >= 11 is 6.44. The van der Waals surface area contributed by atoms with Crippen molar-refractivity contribution in [1.82, 2.24) is 9.88 Å². The molecule has 1 amide bonds. The normalized spacial score (nSPS) is 19.5. The molecule has 0 atom stereocenters. The van der Waals surface area contributed by atoms with Crippen molar-refractivity contribution in [2.24, 2.45) is 5.92 Å². The van der Waals surface area contributed by atoms with Crippen LogP contribution in [-0.4, -0.2) is 40.9 Å². The molecule has 28 heavy (non-hydrogen) atoms. The van der Waals surface area contributed by atoms with Gasteiger partial charge in [-0.25, -0.2) is 0 Å². The van der Waals surface area contributed by atoms with Crippen molar-refractivity contribution in [3.8, 4) is 0 Å². The van der Waals surface area contributed by atoms with Crippen LogP contribution in [0, 0.1) is 5.92 Å². The highest BCUT2D eigenvalue weighted by molar-refractivity contribution is 6.36. The van der Waals surface area contributed by atoms with Crippen molar-refractivity contribution in [2.45, 2.75) is 57.1 Å². The molecule has 152 valence electrons. The molecule has 2 heterocycles. The standard InChI is InChI=1S/C22H29ClN2O3/c23-18-7-4-8-19-20(18)17(13-25(19)12-10-22(27)14-28-15-22)21(26)24-11-9-16-5-2-1-3-6-16/h4,7-8,13,16,27H,1-3,5-6,9-12,14-15H2,(H,24,26). The Morgan fingerprint density at radius 3 is 2.79 bits per heavy atom. The Morgan fingerprint density at radius 1 is 1.29 bits per heavy atom. The zero-order valence-corrected chi connectivity index (χ0v) is 17.0. The van der Waals surface area contributed by atoms with Gasteiger partial charge in [0.05, 0.1) is 29.3 Å². The highest BCUT2D eigenvalue weighted by Gasteiger charge is 2.35. The molecule has 1 aromatic carbocycles. The molecule has 2 fully saturated rings. The van der Waals surface area contributed by atoms with Gasteiger partial charge < -0.3 is 19.7 Å². The fourth-order valence-electron chi connectivity index (χ4n) is 4.44. The molecule has 1 saturated carbocycles. The number of hydrogen-bond acceptors (Lipinski definition) is 3. The van der Waals surface area contributed by atoms with Gasteiger partial charge in [-0.15, -0.1) is 0 Å². The molecule has 1 aliphatic carbocycles. The van der Waals surface area contributed by atoms with Crippen LogP contribution in [-0.2, 0) is 11.3 Å². The van der Waals surface area contributed by atoms with Crippen molar-refractivity contribution in [1.29, 1.82) is 0 Å². The summed E-state index contributed by atoms with van der Waals surface area (Å²) in [7, 11) is 0. The molecular formula is C22H29ClN2O3. The number of fused-ring (bicyclic) bond motifs is 1. The Hall–Kier alpha value is -1.56. The lowest BCUT2D eigenvalue weighted by molar-refractivity contribution is -0.182. The Bertz CT molecular complexity index is 838. The lowest BCUT2D eigenvalue weighted by Crippen LogP contribution is -2.50. The number of halogens is 1. The summed E-state index contributed by atoms with van der Waals surface area (Å²) in [6.07, 6.45) is 10.1. The van der Waals surface area contributed by atoms with E-state index in [9.17, 15) is 9.90 Å². The van der Waals surface area contributed by atoms with Crippen LogP contribution in [0.1, 0.15) is 55.3 Å². The van der Waals surface area contributed by atoms with E-state index in [0.29, 0.717) is 43.3 Å². The molecule has 5 nitrogen and oxygen atoms in total. The fraction of sp³-hybridized carbons (Fsp3) is 0.591. The average Bonchev–Trinajstić information content (AvgIpc) is 3.06. The Morgan fingerprint density at radius 2 is 2.07 bits per heavy atom. The molecule has 1 aromatic heterocycles. The van der Waals surface area contributed by atoms with Crippen molar-refractivity contribution >= 4 is 28.4 Å². The van der Waals surface area contributed by atoms with Gasteiger partial charge in [0, 0.05) is 24.7 Å². The summed E-state index contributed by atoms with van der Waals surface area (Å²) in [5, 5.41) is 14.8. The van der Waals surface area contributed by atoms with Gasteiger partial charge in [-0.05, 0) is 30.9 Å². The minimum atomic E-state index is -0.752. The van der Waals surface area contributed by atoms with Crippen molar-refractivity contribution in [3.05, 3.63) is 35.0 Å². The van der Waals surface area contributed by atoms with E-state index in [-0.39, 0.29) is 5.91 Å². The van der Waals surface area contributed by atoms with Crippen LogP contribution in [0.2, 0.25) is 5.02 Å². The van der Waals surface area contributed by atoms with Crippen molar-refractivity contribution in [3.63, 3.8) is 0 Å². The largest absolute Gasteiger partial charge is 0.385 e. The van der Waals surface area contributed by atoms with Crippen LogP contribution in [0.15, 0.2) is 24.4 Å². The summed E-state index contributed by atoms with van der Waals surface area (Å²) in [5.41, 5.74) is 0.785. The first-order valence-corrected chi connectivity index (χ1v) is 10.8. The van der Waals surface area contributed by atoms with Crippen LogP contribution in [0.5, 0.6) is 0 Å². The number of nitrogens with zero attached hydrogens (tertiary/aromatic N) is 1. The van der Waals surface area contributed by atoms with E-state index in [4.69, 9.17) is 16.3 Å². The quantitative estimate of drug-likeness (QED) is 0.728. The van der Waals surface area contributed by atoms with E-state index in [2.05, 4.69) is 5.32 Å². The van der Waals surface area contributed by atoms with Crippen LogP contribution in [0.3, 0.4) is 0 Å². The van der Waals surface area contributed by atoms with E-state index < -0.39 is 5.60 Å². The van der Waals surface area contributed by atoms with Gasteiger partial charge in [0.25, 0.3) is 5.91 Å². The molecule has 2 aromatic rings. The zero-order chi connectivity index (χ0) is 19.6. The number of hydrogen-bond donors (Lipinski definition) is 2. The molecule has 1 aliphatic heterocycles. The van der Waals surface area contributed by atoms with E-state index in [1.165, 1.54) is 32.1 Å². The van der Waals surface area contributed by atoms with Crippen LogP contribution in [0.25, 0.3) is 10.9 Å². The molecule has 0 unspecified atom stereocenters. The first-order valence-electron chi connectivity index (χ1n) is 10.4. The Labute approximate surface area is 171 Å². The van der Waals surface area contributed by atoms with Gasteiger partial charge in [0.1, 0.15) is 5.60 Å². The second-order valence-electron chi connectivity index (χ2n) is 8.39. The van der Waals surface area contributed by atoms with E-state index in [0.717, 1.165) is 23.2 Å². The van der Waals surface area contributed by atoms with Gasteiger partial charge in [-0.1, -0.05) is 49.8 Å². The smallest absolute Gasteiger partial charge is 0.253 e. The third kappa shape index (κ3) is 4.22. The van der Waals surface area contributed by atoms with E-state index in [1.54, 1.807) is 0 Å². The van der Waals surface area contributed by atoms with Gasteiger partial charge in [-0.3, -0.25) is 4.79 Å². The molecule has 6 heteroatoms. The first kappa shape index (κ1) is 19.7. The number of nitrogens with one attached hydrogen (secondary N) is 1. The fourth-order valence-corrected chi connectivity index (χ4v) is 4.71. The third-order valence-electron chi connectivity index (χ3n) is 6.22. The number of carbonyl (C=O) groups is 1. The number of ether oxygens (including phenoxy) is 1. The molecule has 2 aliphatic rings. The highest BCUT2D eigenvalue weighted by atomic mass is 35.5. The van der Waals surface area contributed by atoms with E-state index in [1.807, 2.05) is 29.0 Å². The highest BCUT2D eigenvalue weighted by Crippen LogP contribution is 2.31. The van der Waals surface area contributed by atoms with Gasteiger partial charge in [-0.2, -0.15) is 0 Å². The number of aromatic nitrogens is 1. The summed E-state index contributed by atoms with van der Waals surface area (Å²) in [5.74, 6) is 0.669. The first-order chi connectivity index (χ1) is 13.6. The lowest BCUT2D eigenvalue weighted by Gasteiger charge is -2.36. The monoisotopic (exact) mass is 404 g/mol. The average molecular weight is 405 g/mol. The Balaban J connectivity index is 1.46. The van der Waals surface area contributed by atoms with Gasteiger partial charge >= 0.3 is 0 Å². The van der Waals surface area contributed by atoms with Crippen LogP contribution >= 0.6 is 11.6 Å². The van der Waals surface area contributed by atoms with Gasteiger partial charge in [0.15, 0.2) is 0 Å². The Kier molecular flexibility index (Phi) is 5.95. The third-order valence-corrected chi connectivity index (χ3v) is 6.54. The number of carbonyl (C=O) groups excluding carboxylic acids is 1. The molecule has 1 saturated heterocycles. The van der Waals surface area contributed by atoms with Crippen molar-refractivity contribution in [2.75, 3.05) is 19.8 Å². The number of aliphatic hydroxyl groups is 1. The molecular weight excluding hydrogens is 376 g/mol. The lowest BCUT2D eigenvalue weighted by atomic mass is 9.87. The molecule has 4 rings (SSSR count). The molecule has 2 N–H and O–H groups in total. The van der Waals surface area contributed by atoms with Crippen molar-refractivity contribution < 1.29 is 14.6 Å². The number of amides is 1. The minimum absolute atomic E-state index is 0.0710. The minimum Gasteiger partial charge on any atom is -0.385 e. The summed E-state index contributed by atoms with van der Waals surface area (Å²) in [4.78, 5) is 12.9. The predicted octanol–water partition coefficient (Wildman–Crippen LogP) is 4.15. The molecule has 0 spiro atoms. The zero-order valence-electron chi connectivity index (χ0n) is 16.3. The van der Waals surface area contributed by atoms with Crippen LogP contribution < -0.4 is 5.32 Å². The van der Waals surface area contributed by atoms with E-state index >= 15 is 0 Å². The number of rotatable bonds is 7. The summed E-state index contributed by atoms with van der Waals surface area (Å²) < 4.78 is 7.15. The molecule has 0 bridgehead atoms. The molecule has 0 radical (unpaired) electrons. The topological polar surface area (TPSA) is 63.5 Å². The summed E-state index contributed by atoms with van der Waals surface area (Å²) in [6.45, 7) is 2.08. The van der Waals surface area contributed by atoms with Crippen LogP contribution in [0.4, 0.5) is 0 Å².